The second-order valence-corrected chi connectivity index (χ2v) is 7.14. The maximum absolute atomic E-state index is 12.9. The van der Waals surface area contributed by atoms with Crippen molar-refractivity contribution in [2.45, 2.75) is 6.54 Å². The molecule has 4 rings (SSSR count). The zero-order valence-corrected chi connectivity index (χ0v) is 16.8. The Kier molecular flexibility index (Phi) is 4.94. The van der Waals surface area contributed by atoms with E-state index in [2.05, 4.69) is 0 Å². The molecule has 0 amide bonds. The van der Waals surface area contributed by atoms with Gasteiger partial charge in [-0.3, -0.25) is 4.79 Å². The maximum atomic E-state index is 12.9. The number of ether oxygens (including phenoxy) is 1. The van der Waals surface area contributed by atoms with E-state index in [4.69, 9.17) is 4.74 Å². The zero-order chi connectivity index (χ0) is 23.2. The van der Waals surface area contributed by atoms with E-state index in [9.17, 15) is 35.4 Å². The quantitative estimate of drug-likeness (QED) is 0.205. The van der Waals surface area contributed by atoms with E-state index in [-0.39, 0.29) is 17.7 Å². The average Bonchev–Trinajstić information content (AvgIpc) is 3.13. The summed E-state index contributed by atoms with van der Waals surface area (Å²) >= 11 is 0. The van der Waals surface area contributed by atoms with E-state index in [0.717, 1.165) is 6.07 Å². The second-order valence-electron chi connectivity index (χ2n) is 7.14. The minimum atomic E-state index is -0.792. The molecule has 0 bridgehead atoms. The first-order valence-corrected chi connectivity index (χ1v) is 9.41. The van der Waals surface area contributed by atoms with E-state index in [1.165, 1.54) is 25.3 Å². The van der Waals surface area contributed by atoms with Gasteiger partial charge in [-0.15, -0.1) is 0 Å². The fraction of sp³-hybridized carbons (Fsp3) is 0.0870. The molecule has 0 aliphatic carbocycles. The van der Waals surface area contributed by atoms with Crippen molar-refractivity contribution in [2.24, 2.45) is 0 Å². The van der Waals surface area contributed by atoms with Gasteiger partial charge in [0, 0.05) is 28.8 Å². The summed E-state index contributed by atoms with van der Waals surface area (Å²) in [6.45, 7) is -0.258. The van der Waals surface area contributed by atoms with Crippen LogP contribution in [0, 0.1) is 0 Å². The molecule has 4 aromatic rings. The molecule has 0 aliphatic heterocycles. The van der Waals surface area contributed by atoms with Crippen LogP contribution in [0.5, 0.6) is 40.2 Å². The van der Waals surface area contributed by atoms with Crippen molar-refractivity contribution >= 4 is 16.7 Å². The number of hydrogen-bond donors (Lipinski definition) is 6. The molecule has 3 aromatic carbocycles. The Morgan fingerprint density at radius 2 is 1.47 bits per heavy atom. The normalized spacial score (nSPS) is 11.0. The predicted molar refractivity (Wildman–Crippen MR) is 115 cm³/mol. The third-order valence-electron chi connectivity index (χ3n) is 5.25. The number of ketones is 1. The second kappa shape index (κ2) is 7.62. The standard InChI is InChI=1S/C23H19NO8/c1-32-11-2-3-12-15(13-4-6-17(25)22(30)20(13)28)9-24(16(12)8-11)10-19(27)14-5-7-18(26)23(31)21(14)29/h2-9,25-26,28-31H,10H2,1H3. The van der Waals surface area contributed by atoms with Gasteiger partial charge < -0.3 is 39.9 Å². The Hall–Kier alpha value is -4.53. The van der Waals surface area contributed by atoms with E-state index >= 15 is 0 Å². The third kappa shape index (κ3) is 3.25. The van der Waals surface area contributed by atoms with Gasteiger partial charge in [0.2, 0.25) is 11.5 Å². The Bertz CT molecular complexity index is 1370. The molecule has 6 N–H and O–H groups in total. The highest BCUT2D eigenvalue weighted by Crippen LogP contribution is 2.45. The molecule has 1 aromatic heterocycles. The van der Waals surface area contributed by atoms with Crippen molar-refractivity contribution in [2.75, 3.05) is 7.11 Å². The smallest absolute Gasteiger partial charge is 0.201 e. The molecule has 0 unspecified atom stereocenters. The summed E-state index contributed by atoms with van der Waals surface area (Å²) < 4.78 is 6.82. The van der Waals surface area contributed by atoms with Crippen molar-refractivity contribution < 1.29 is 40.2 Å². The fourth-order valence-electron chi connectivity index (χ4n) is 3.56. The zero-order valence-electron chi connectivity index (χ0n) is 16.8. The molecule has 0 aliphatic rings. The van der Waals surface area contributed by atoms with Gasteiger partial charge in [0.25, 0.3) is 0 Å². The molecule has 0 saturated carbocycles. The lowest BCUT2D eigenvalue weighted by molar-refractivity contribution is 0.0970. The summed E-state index contributed by atoms with van der Waals surface area (Å²) in [5, 5.41) is 59.8. The average molecular weight is 437 g/mol. The number of phenolic OH excluding ortho intramolecular Hbond substituents is 6. The molecule has 9 heteroatoms. The van der Waals surface area contributed by atoms with Crippen LogP contribution >= 0.6 is 0 Å². The summed E-state index contributed by atoms with van der Waals surface area (Å²) in [5.74, 6) is -3.79. The van der Waals surface area contributed by atoms with Crippen LogP contribution < -0.4 is 4.74 Å². The summed E-state index contributed by atoms with van der Waals surface area (Å²) in [5.41, 5.74) is 1.08. The van der Waals surface area contributed by atoms with Crippen LogP contribution in [0.2, 0.25) is 0 Å². The van der Waals surface area contributed by atoms with Crippen molar-refractivity contribution in [1.82, 2.24) is 4.57 Å². The maximum Gasteiger partial charge on any atom is 0.201 e. The van der Waals surface area contributed by atoms with Gasteiger partial charge in [0.15, 0.2) is 28.8 Å². The number of hydrogen-bond acceptors (Lipinski definition) is 8. The van der Waals surface area contributed by atoms with Crippen LogP contribution in [0.15, 0.2) is 48.7 Å². The SMILES string of the molecule is COc1ccc2c(-c3ccc(O)c(O)c3O)cn(CC(=O)c3ccc(O)c(O)c3O)c2c1. The van der Waals surface area contributed by atoms with Crippen LogP contribution in [-0.4, -0.2) is 48.1 Å². The first-order chi connectivity index (χ1) is 15.2. The minimum absolute atomic E-state index is 0.184. The fourth-order valence-corrected chi connectivity index (χ4v) is 3.56. The molecule has 0 radical (unpaired) electrons. The lowest BCUT2D eigenvalue weighted by Crippen LogP contribution is -2.10. The third-order valence-corrected chi connectivity index (χ3v) is 5.25. The van der Waals surface area contributed by atoms with Crippen LogP contribution in [0.4, 0.5) is 0 Å². The monoisotopic (exact) mass is 437 g/mol. The molecule has 164 valence electrons. The van der Waals surface area contributed by atoms with E-state index in [1.54, 1.807) is 29.0 Å². The number of aromatic hydroxyl groups is 6. The first-order valence-electron chi connectivity index (χ1n) is 9.41. The highest BCUT2D eigenvalue weighted by Gasteiger charge is 2.21. The lowest BCUT2D eigenvalue weighted by Gasteiger charge is -2.09. The van der Waals surface area contributed by atoms with Gasteiger partial charge in [0.1, 0.15) is 5.75 Å². The minimum Gasteiger partial charge on any atom is -0.504 e. The Labute approximate surface area is 181 Å². The van der Waals surface area contributed by atoms with Gasteiger partial charge in [0.05, 0.1) is 24.7 Å². The van der Waals surface area contributed by atoms with Crippen LogP contribution in [0.25, 0.3) is 22.0 Å². The highest BCUT2D eigenvalue weighted by molar-refractivity contribution is 6.03. The van der Waals surface area contributed by atoms with E-state index < -0.39 is 40.3 Å². The molecule has 0 saturated heterocycles. The van der Waals surface area contributed by atoms with Gasteiger partial charge in [-0.05, 0) is 36.4 Å². The Morgan fingerprint density at radius 1 is 0.812 bits per heavy atom. The molecular weight excluding hydrogens is 418 g/mol. The number of Topliss-reactive ketones (excluding diaryl/α,β-unsaturated/α-hetero) is 1. The van der Waals surface area contributed by atoms with Crippen molar-refractivity contribution in [1.29, 1.82) is 0 Å². The molecular formula is C23H19NO8. The van der Waals surface area contributed by atoms with Gasteiger partial charge in [-0.25, -0.2) is 0 Å². The number of rotatable bonds is 5. The van der Waals surface area contributed by atoms with Gasteiger partial charge in [-0.1, -0.05) is 0 Å². The first kappa shape index (κ1) is 20.7. The molecule has 0 fully saturated rings. The number of fused-ring (bicyclic) bond motifs is 1. The Morgan fingerprint density at radius 3 is 2.16 bits per heavy atom. The van der Waals surface area contributed by atoms with Gasteiger partial charge in [-0.2, -0.15) is 0 Å². The molecule has 9 nitrogen and oxygen atoms in total. The molecule has 0 spiro atoms. The largest absolute Gasteiger partial charge is 0.504 e. The summed E-state index contributed by atoms with van der Waals surface area (Å²) in [7, 11) is 1.49. The molecule has 0 atom stereocenters. The predicted octanol–water partition coefficient (Wildman–Crippen LogP) is 3.43. The number of benzene rings is 3. The van der Waals surface area contributed by atoms with Crippen LogP contribution in [0.3, 0.4) is 0 Å². The number of methoxy groups -OCH3 is 1. The number of nitrogens with zero attached hydrogens (tertiary/aromatic N) is 1. The summed E-state index contributed by atoms with van der Waals surface area (Å²) in [4.78, 5) is 12.9. The highest BCUT2D eigenvalue weighted by atomic mass is 16.5. The summed E-state index contributed by atoms with van der Waals surface area (Å²) in [6, 6.07) is 10.1. The number of carbonyl (C=O) groups excluding carboxylic acids is 1. The number of phenols is 6. The van der Waals surface area contributed by atoms with Crippen molar-refractivity contribution in [3.63, 3.8) is 0 Å². The van der Waals surface area contributed by atoms with Gasteiger partial charge >= 0.3 is 0 Å². The number of aromatic nitrogens is 1. The Balaban J connectivity index is 1.86. The van der Waals surface area contributed by atoms with Crippen LogP contribution in [0.1, 0.15) is 10.4 Å². The van der Waals surface area contributed by atoms with E-state index in [0.29, 0.717) is 22.2 Å². The van der Waals surface area contributed by atoms with Crippen molar-refractivity contribution in [3.05, 3.63) is 54.2 Å². The number of carbonyl (C=O) groups is 1. The summed E-state index contributed by atoms with van der Waals surface area (Å²) in [6.07, 6.45) is 1.57. The molecule has 1 heterocycles. The topological polar surface area (TPSA) is 153 Å². The molecule has 32 heavy (non-hydrogen) atoms. The van der Waals surface area contributed by atoms with Crippen LogP contribution in [-0.2, 0) is 6.54 Å². The van der Waals surface area contributed by atoms with E-state index in [1.807, 2.05) is 0 Å². The lowest BCUT2D eigenvalue weighted by atomic mass is 10.0. The van der Waals surface area contributed by atoms with Crippen molar-refractivity contribution in [3.8, 4) is 51.4 Å².